The minimum Gasteiger partial charge on any atom is -0.338 e. The van der Waals surface area contributed by atoms with E-state index in [4.69, 9.17) is 0 Å². The molecule has 3 heterocycles. The van der Waals surface area contributed by atoms with Crippen molar-refractivity contribution in [2.24, 2.45) is 0 Å². The second kappa shape index (κ2) is 7.72. The number of anilines is 3. The van der Waals surface area contributed by atoms with Crippen LogP contribution in [0, 0.1) is 0 Å². The molecule has 0 saturated carbocycles. The Bertz CT molecular complexity index is 1310. The molecule has 4 aromatic rings. The summed E-state index contributed by atoms with van der Waals surface area (Å²) in [6, 6.07) is 9.35. The highest BCUT2D eigenvalue weighted by atomic mass is 79.9. The first kappa shape index (κ1) is 19.2. The molecule has 0 saturated heterocycles. The molecule has 0 radical (unpaired) electrons. The fraction of sp³-hybridized carbons (Fsp3) is 0.0526. The number of pyridine rings is 2. The average Bonchev–Trinajstić information content (AvgIpc) is 2.67. The maximum absolute atomic E-state index is 11.5. The minimum absolute atomic E-state index is 0.396. The Morgan fingerprint density at radius 1 is 0.897 bits per heavy atom. The number of rotatable bonds is 5. The fourth-order valence-corrected chi connectivity index (χ4v) is 3.73. The lowest BCUT2D eigenvalue weighted by Gasteiger charge is -2.10. The first-order chi connectivity index (χ1) is 13.9. The van der Waals surface area contributed by atoms with Crippen LogP contribution in [-0.4, -0.2) is 34.6 Å². The van der Waals surface area contributed by atoms with Crippen LogP contribution in [0.3, 0.4) is 0 Å². The van der Waals surface area contributed by atoms with E-state index in [1.54, 1.807) is 24.7 Å². The normalized spacial score (nSPS) is 11.4. The Morgan fingerprint density at radius 2 is 1.69 bits per heavy atom. The van der Waals surface area contributed by atoms with E-state index < -0.39 is 10.0 Å². The van der Waals surface area contributed by atoms with Crippen molar-refractivity contribution in [1.82, 2.24) is 19.9 Å². The summed E-state index contributed by atoms with van der Waals surface area (Å²) in [7, 11) is -3.39. The number of hydrogen-bond donors (Lipinski definition) is 2. The maximum Gasteiger partial charge on any atom is 0.229 e. The van der Waals surface area contributed by atoms with E-state index in [-0.39, 0.29) is 0 Å². The minimum atomic E-state index is -3.39. The highest BCUT2D eigenvalue weighted by Gasteiger charge is 2.09. The highest BCUT2D eigenvalue weighted by molar-refractivity contribution is 9.10. The van der Waals surface area contributed by atoms with E-state index in [2.05, 4.69) is 45.9 Å². The smallest absolute Gasteiger partial charge is 0.229 e. The molecule has 0 spiro atoms. The summed E-state index contributed by atoms with van der Waals surface area (Å²) in [5, 5.41) is 4.07. The molecule has 4 rings (SSSR count). The summed E-state index contributed by atoms with van der Waals surface area (Å²) < 4.78 is 26.3. The van der Waals surface area contributed by atoms with Gasteiger partial charge in [-0.25, -0.2) is 18.4 Å². The van der Waals surface area contributed by atoms with Crippen LogP contribution in [-0.2, 0) is 10.0 Å². The molecule has 146 valence electrons. The molecule has 0 aliphatic heterocycles. The lowest BCUT2D eigenvalue weighted by molar-refractivity contribution is 0.607. The molecule has 1 aromatic carbocycles. The average molecular weight is 471 g/mol. The molecule has 8 nitrogen and oxygen atoms in total. The van der Waals surface area contributed by atoms with Gasteiger partial charge in [0.2, 0.25) is 10.0 Å². The standard InChI is InChI=1S/C19H15BrN6O2S/c1-29(27,28)26-16-4-13(7-21-10-16)12-2-3-18-17(5-12)19(24-11-23-18)25-15-6-14(20)8-22-9-15/h2-11,26H,1H3,(H,23,24,25). The predicted molar refractivity (Wildman–Crippen MR) is 116 cm³/mol. The monoisotopic (exact) mass is 470 g/mol. The molecule has 0 amide bonds. The number of nitrogens with zero attached hydrogens (tertiary/aromatic N) is 4. The molecule has 0 unspecified atom stereocenters. The third-order valence-corrected chi connectivity index (χ3v) is 5.02. The maximum atomic E-state index is 11.5. The number of benzene rings is 1. The second-order valence-electron chi connectivity index (χ2n) is 6.31. The zero-order valence-corrected chi connectivity index (χ0v) is 17.6. The predicted octanol–water partition coefficient (Wildman–Crippen LogP) is 3.96. The van der Waals surface area contributed by atoms with Crippen molar-refractivity contribution in [2.45, 2.75) is 0 Å². The van der Waals surface area contributed by atoms with Crippen LogP contribution in [0.15, 0.2) is 65.9 Å². The van der Waals surface area contributed by atoms with Gasteiger partial charge in [-0.3, -0.25) is 14.7 Å². The van der Waals surface area contributed by atoms with Gasteiger partial charge in [-0.15, -0.1) is 0 Å². The molecule has 0 fully saturated rings. The first-order valence-corrected chi connectivity index (χ1v) is 11.1. The Hall–Kier alpha value is -3.11. The largest absolute Gasteiger partial charge is 0.338 e. The van der Waals surface area contributed by atoms with Gasteiger partial charge < -0.3 is 5.32 Å². The molecule has 0 aliphatic carbocycles. The number of hydrogen-bond acceptors (Lipinski definition) is 7. The SMILES string of the molecule is CS(=O)(=O)Nc1cncc(-c2ccc3ncnc(Nc4cncc(Br)c4)c3c2)c1. The van der Waals surface area contributed by atoms with Crippen LogP contribution >= 0.6 is 15.9 Å². The zero-order valence-electron chi connectivity index (χ0n) is 15.2. The van der Waals surface area contributed by atoms with Crippen molar-refractivity contribution in [2.75, 3.05) is 16.3 Å². The summed E-state index contributed by atoms with van der Waals surface area (Å²) in [6.07, 6.45) is 9.13. The molecule has 2 N–H and O–H groups in total. The van der Waals surface area contributed by atoms with E-state index in [0.29, 0.717) is 11.5 Å². The van der Waals surface area contributed by atoms with Crippen LogP contribution in [0.4, 0.5) is 17.2 Å². The van der Waals surface area contributed by atoms with Gasteiger partial charge in [-0.1, -0.05) is 6.07 Å². The lowest BCUT2D eigenvalue weighted by Crippen LogP contribution is -2.09. The van der Waals surface area contributed by atoms with Gasteiger partial charge in [-0.2, -0.15) is 0 Å². The fourth-order valence-electron chi connectivity index (χ4n) is 2.82. The van der Waals surface area contributed by atoms with Crippen molar-refractivity contribution in [3.05, 3.63) is 65.9 Å². The van der Waals surface area contributed by atoms with Crippen molar-refractivity contribution < 1.29 is 8.42 Å². The van der Waals surface area contributed by atoms with Crippen LogP contribution in [0.5, 0.6) is 0 Å². The molecule has 0 aliphatic rings. The Morgan fingerprint density at radius 3 is 2.48 bits per heavy atom. The molecule has 0 atom stereocenters. The lowest BCUT2D eigenvalue weighted by atomic mass is 10.0. The second-order valence-corrected chi connectivity index (χ2v) is 8.97. The first-order valence-electron chi connectivity index (χ1n) is 8.43. The van der Waals surface area contributed by atoms with E-state index in [1.807, 2.05) is 24.3 Å². The van der Waals surface area contributed by atoms with Gasteiger partial charge in [0, 0.05) is 27.8 Å². The van der Waals surface area contributed by atoms with Crippen LogP contribution in [0.1, 0.15) is 0 Å². The molecule has 0 bridgehead atoms. The summed E-state index contributed by atoms with van der Waals surface area (Å²) in [5.41, 5.74) is 3.57. The van der Waals surface area contributed by atoms with Crippen LogP contribution in [0.2, 0.25) is 0 Å². The number of nitrogens with one attached hydrogen (secondary N) is 2. The molecule has 10 heteroatoms. The van der Waals surface area contributed by atoms with Crippen molar-refractivity contribution in [3.63, 3.8) is 0 Å². The summed E-state index contributed by atoms with van der Waals surface area (Å²) >= 11 is 3.40. The quantitative estimate of drug-likeness (QED) is 0.453. The van der Waals surface area contributed by atoms with Gasteiger partial charge in [0.1, 0.15) is 12.1 Å². The third kappa shape index (κ3) is 4.66. The van der Waals surface area contributed by atoms with Gasteiger partial charge in [0.05, 0.1) is 35.5 Å². The van der Waals surface area contributed by atoms with E-state index in [0.717, 1.165) is 38.4 Å². The Labute approximate surface area is 175 Å². The van der Waals surface area contributed by atoms with Gasteiger partial charge >= 0.3 is 0 Å². The van der Waals surface area contributed by atoms with E-state index in [9.17, 15) is 8.42 Å². The number of fused-ring (bicyclic) bond motifs is 1. The number of aromatic nitrogens is 4. The van der Waals surface area contributed by atoms with Gasteiger partial charge in [-0.05, 0) is 45.8 Å². The number of halogens is 1. The molecule has 29 heavy (non-hydrogen) atoms. The third-order valence-electron chi connectivity index (χ3n) is 3.98. The van der Waals surface area contributed by atoms with Gasteiger partial charge in [0.25, 0.3) is 0 Å². The summed E-state index contributed by atoms with van der Waals surface area (Å²) in [4.78, 5) is 17.0. The summed E-state index contributed by atoms with van der Waals surface area (Å²) in [5.74, 6) is 0.634. The van der Waals surface area contributed by atoms with Crippen molar-refractivity contribution in [1.29, 1.82) is 0 Å². The van der Waals surface area contributed by atoms with Crippen LogP contribution < -0.4 is 10.0 Å². The zero-order chi connectivity index (χ0) is 20.4. The van der Waals surface area contributed by atoms with Crippen molar-refractivity contribution in [3.8, 4) is 11.1 Å². The summed E-state index contributed by atoms with van der Waals surface area (Å²) in [6.45, 7) is 0. The van der Waals surface area contributed by atoms with E-state index >= 15 is 0 Å². The highest BCUT2D eigenvalue weighted by Crippen LogP contribution is 2.29. The Kier molecular flexibility index (Phi) is 5.12. The van der Waals surface area contributed by atoms with Crippen molar-refractivity contribution >= 4 is 54.0 Å². The molecule has 3 aromatic heterocycles. The molecular weight excluding hydrogens is 456 g/mol. The van der Waals surface area contributed by atoms with E-state index in [1.165, 1.54) is 12.5 Å². The topological polar surface area (TPSA) is 110 Å². The Balaban J connectivity index is 1.75. The van der Waals surface area contributed by atoms with Gasteiger partial charge in [0.15, 0.2) is 0 Å². The number of sulfonamides is 1. The van der Waals surface area contributed by atoms with Crippen LogP contribution in [0.25, 0.3) is 22.0 Å². The molecular formula is C19H15BrN6O2S.